The Morgan fingerprint density at radius 1 is 1.45 bits per heavy atom. The first kappa shape index (κ1) is 9.01. The summed E-state index contributed by atoms with van der Waals surface area (Å²) in [5, 5.41) is 8.66. The molecule has 0 aromatic carbocycles. The van der Waals surface area contributed by atoms with E-state index in [0.29, 0.717) is 6.61 Å². The van der Waals surface area contributed by atoms with Crippen molar-refractivity contribution < 1.29 is 5.11 Å². The van der Waals surface area contributed by atoms with Crippen LogP contribution in [0.4, 0.5) is 0 Å². The summed E-state index contributed by atoms with van der Waals surface area (Å²) in [5.41, 5.74) is 0. The van der Waals surface area contributed by atoms with Crippen molar-refractivity contribution in [3.8, 4) is 0 Å². The normalized spacial score (nSPS) is 33.0. The second kappa shape index (κ2) is 4.07. The molecule has 0 saturated carbocycles. The quantitative estimate of drug-likeness (QED) is 0.666. The minimum atomic E-state index is 0.346. The van der Waals surface area contributed by atoms with E-state index in [2.05, 4.69) is 18.9 Å². The molecule has 0 aromatic rings. The molecule has 11 heavy (non-hydrogen) atoms. The molecule has 0 aliphatic carbocycles. The third kappa shape index (κ3) is 2.17. The van der Waals surface area contributed by atoms with Gasteiger partial charge in [0, 0.05) is 18.7 Å². The van der Waals surface area contributed by atoms with Gasteiger partial charge in [0.15, 0.2) is 0 Å². The van der Waals surface area contributed by atoms with Gasteiger partial charge in [0.25, 0.3) is 0 Å². The largest absolute Gasteiger partial charge is 0.396 e. The number of rotatable bonds is 3. The fourth-order valence-electron chi connectivity index (χ4n) is 1.88. The van der Waals surface area contributed by atoms with Crippen LogP contribution >= 0.6 is 0 Å². The lowest BCUT2D eigenvalue weighted by Gasteiger charge is -2.22. The molecule has 0 unspecified atom stereocenters. The third-order valence-corrected chi connectivity index (χ3v) is 2.88. The molecule has 2 atom stereocenters. The molecule has 1 rings (SSSR count). The second-order valence-corrected chi connectivity index (χ2v) is 3.61. The maximum Gasteiger partial charge on any atom is 0.0431 e. The molecule has 0 radical (unpaired) electrons. The van der Waals surface area contributed by atoms with Gasteiger partial charge in [0.1, 0.15) is 0 Å². The average Bonchev–Trinajstić information content (AvgIpc) is 2.31. The second-order valence-electron chi connectivity index (χ2n) is 3.61. The van der Waals surface area contributed by atoms with E-state index in [9.17, 15) is 0 Å². The molecular weight excluding hydrogens is 138 g/mol. The number of likely N-dealkylation sites (tertiary alicyclic amines) is 1. The maximum absolute atomic E-state index is 8.66. The van der Waals surface area contributed by atoms with E-state index in [4.69, 9.17) is 5.11 Å². The molecule has 0 aromatic heterocycles. The molecule has 1 aliphatic heterocycles. The Hall–Kier alpha value is -0.0800. The minimum absolute atomic E-state index is 0.346. The van der Waals surface area contributed by atoms with Crippen molar-refractivity contribution in [1.29, 1.82) is 0 Å². The SMILES string of the molecule is C[C@@H]1CC[C@H](CCCO)N1C. The zero-order valence-corrected chi connectivity index (χ0v) is 7.58. The molecular formula is C9H19NO. The summed E-state index contributed by atoms with van der Waals surface area (Å²) >= 11 is 0. The van der Waals surface area contributed by atoms with Crippen molar-refractivity contribution in [3.63, 3.8) is 0 Å². The molecule has 0 bridgehead atoms. The average molecular weight is 157 g/mol. The van der Waals surface area contributed by atoms with Crippen molar-refractivity contribution >= 4 is 0 Å². The molecule has 2 heteroatoms. The van der Waals surface area contributed by atoms with Crippen LogP contribution in [0.3, 0.4) is 0 Å². The van der Waals surface area contributed by atoms with Crippen molar-refractivity contribution in [2.75, 3.05) is 13.7 Å². The molecule has 0 amide bonds. The maximum atomic E-state index is 8.66. The first-order valence-electron chi connectivity index (χ1n) is 4.58. The van der Waals surface area contributed by atoms with E-state index >= 15 is 0 Å². The molecule has 1 N–H and O–H groups in total. The molecule has 0 spiro atoms. The van der Waals surface area contributed by atoms with Crippen LogP contribution in [0.2, 0.25) is 0 Å². The van der Waals surface area contributed by atoms with Crippen LogP contribution in [0.25, 0.3) is 0 Å². The number of hydrogen-bond donors (Lipinski definition) is 1. The van der Waals surface area contributed by atoms with Crippen LogP contribution in [-0.2, 0) is 0 Å². The lowest BCUT2D eigenvalue weighted by Crippen LogP contribution is -2.30. The fraction of sp³-hybridized carbons (Fsp3) is 1.00. The van der Waals surface area contributed by atoms with Crippen molar-refractivity contribution in [2.24, 2.45) is 0 Å². The summed E-state index contributed by atoms with van der Waals surface area (Å²) in [5.74, 6) is 0. The predicted molar refractivity (Wildman–Crippen MR) is 46.6 cm³/mol. The van der Waals surface area contributed by atoms with Gasteiger partial charge >= 0.3 is 0 Å². The molecule has 1 fully saturated rings. The summed E-state index contributed by atoms with van der Waals surface area (Å²) in [7, 11) is 2.19. The summed E-state index contributed by atoms with van der Waals surface area (Å²) in [6, 6.07) is 1.48. The van der Waals surface area contributed by atoms with Crippen molar-refractivity contribution in [2.45, 2.75) is 44.7 Å². The molecule has 2 nitrogen and oxygen atoms in total. The smallest absolute Gasteiger partial charge is 0.0431 e. The third-order valence-electron chi connectivity index (χ3n) is 2.88. The Bertz CT molecular complexity index is 116. The number of aliphatic hydroxyl groups excluding tert-OH is 1. The van der Waals surface area contributed by atoms with E-state index in [0.717, 1.165) is 24.9 Å². The molecule has 1 saturated heterocycles. The zero-order chi connectivity index (χ0) is 8.27. The van der Waals surface area contributed by atoms with E-state index in [-0.39, 0.29) is 0 Å². The molecule has 1 heterocycles. The summed E-state index contributed by atoms with van der Waals surface area (Å²) in [6.45, 7) is 2.62. The van der Waals surface area contributed by atoms with Crippen molar-refractivity contribution in [3.05, 3.63) is 0 Å². The Balaban J connectivity index is 2.24. The zero-order valence-electron chi connectivity index (χ0n) is 7.58. The Morgan fingerprint density at radius 2 is 2.18 bits per heavy atom. The minimum Gasteiger partial charge on any atom is -0.396 e. The van der Waals surface area contributed by atoms with Crippen LogP contribution < -0.4 is 0 Å². The monoisotopic (exact) mass is 157 g/mol. The molecule has 66 valence electrons. The van der Waals surface area contributed by atoms with Gasteiger partial charge in [-0.05, 0) is 39.7 Å². The predicted octanol–water partition coefficient (Wildman–Crippen LogP) is 1.24. The fourth-order valence-corrected chi connectivity index (χ4v) is 1.88. The highest BCUT2D eigenvalue weighted by Gasteiger charge is 2.25. The van der Waals surface area contributed by atoms with E-state index in [1.807, 2.05) is 0 Å². The Morgan fingerprint density at radius 3 is 2.64 bits per heavy atom. The van der Waals surface area contributed by atoms with Gasteiger partial charge in [-0.15, -0.1) is 0 Å². The number of hydrogen-bond acceptors (Lipinski definition) is 2. The number of nitrogens with zero attached hydrogens (tertiary/aromatic N) is 1. The first-order valence-corrected chi connectivity index (χ1v) is 4.58. The summed E-state index contributed by atoms with van der Waals surface area (Å²) in [4.78, 5) is 2.44. The van der Waals surface area contributed by atoms with Gasteiger partial charge in [0.05, 0.1) is 0 Å². The van der Waals surface area contributed by atoms with Crippen LogP contribution in [-0.4, -0.2) is 35.7 Å². The lowest BCUT2D eigenvalue weighted by atomic mass is 10.1. The Labute approximate surface area is 69.2 Å². The van der Waals surface area contributed by atoms with Crippen LogP contribution in [0, 0.1) is 0 Å². The van der Waals surface area contributed by atoms with Gasteiger partial charge in [-0.1, -0.05) is 0 Å². The van der Waals surface area contributed by atoms with E-state index in [1.165, 1.54) is 12.8 Å². The van der Waals surface area contributed by atoms with Crippen LogP contribution in [0.1, 0.15) is 32.6 Å². The van der Waals surface area contributed by atoms with Crippen LogP contribution in [0.15, 0.2) is 0 Å². The highest BCUT2D eigenvalue weighted by atomic mass is 16.2. The van der Waals surface area contributed by atoms with Gasteiger partial charge in [-0.3, -0.25) is 0 Å². The molecule has 1 aliphatic rings. The standard InChI is InChI=1S/C9H19NO/c1-8-5-6-9(10(8)2)4-3-7-11/h8-9,11H,3-7H2,1-2H3/t8-,9+/m1/s1. The topological polar surface area (TPSA) is 23.5 Å². The van der Waals surface area contributed by atoms with Gasteiger partial charge in [0.2, 0.25) is 0 Å². The lowest BCUT2D eigenvalue weighted by molar-refractivity contribution is 0.217. The van der Waals surface area contributed by atoms with Crippen molar-refractivity contribution in [1.82, 2.24) is 4.90 Å². The first-order chi connectivity index (χ1) is 5.25. The summed E-state index contributed by atoms with van der Waals surface area (Å²) in [6.07, 6.45) is 4.77. The highest BCUT2D eigenvalue weighted by Crippen LogP contribution is 2.24. The van der Waals surface area contributed by atoms with E-state index < -0.39 is 0 Å². The van der Waals surface area contributed by atoms with Crippen LogP contribution in [0.5, 0.6) is 0 Å². The summed E-state index contributed by atoms with van der Waals surface area (Å²) < 4.78 is 0. The Kier molecular flexibility index (Phi) is 3.34. The van der Waals surface area contributed by atoms with Gasteiger partial charge in [-0.2, -0.15) is 0 Å². The highest BCUT2D eigenvalue weighted by molar-refractivity contribution is 4.82. The van der Waals surface area contributed by atoms with Gasteiger partial charge in [-0.25, -0.2) is 0 Å². The van der Waals surface area contributed by atoms with Gasteiger partial charge < -0.3 is 10.0 Å². The van der Waals surface area contributed by atoms with E-state index in [1.54, 1.807) is 0 Å². The number of aliphatic hydroxyl groups is 1.